The molecule has 3 rings (SSSR count). The highest BCUT2D eigenvalue weighted by atomic mass is 32.2. The predicted octanol–water partition coefficient (Wildman–Crippen LogP) is -0.676. The molecule has 0 radical (unpaired) electrons. The Morgan fingerprint density at radius 1 is 1.30 bits per heavy atom. The summed E-state index contributed by atoms with van der Waals surface area (Å²) >= 11 is 0. The number of carbonyl (C=O) groups excluding carboxylic acids is 2. The third kappa shape index (κ3) is 2.06. The predicted molar refractivity (Wildman–Crippen MR) is 71.5 cm³/mol. The first-order chi connectivity index (χ1) is 9.36. The zero-order valence-electron chi connectivity index (χ0n) is 10.5. The number of nitrogens with one attached hydrogen (secondary N) is 1. The lowest BCUT2D eigenvalue weighted by molar-refractivity contribution is -0.117. The molecule has 7 nitrogen and oxygen atoms in total. The van der Waals surface area contributed by atoms with Gasteiger partial charge in [0.1, 0.15) is 5.25 Å². The van der Waals surface area contributed by atoms with Gasteiger partial charge in [-0.2, -0.15) is 0 Å². The van der Waals surface area contributed by atoms with E-state index in [1.54, 1.807) is 18.2 Å². The molecule has 2 heterocycles. The number of rotatable bonds is 2. The molecule has 20 heavy (non-hydrogen) atoms. The Morgan fingerprint density at radius 2 is 2.05 bits per heavy atom. The van der Waals surface area contributed by atoms with Crippen LogP contribution < -0.4 is 15.4 Å². The molecule has 0 aliphatic carbocycles. The molecule has 3 N–H and O–H groups in total. The summed E-state index contributed by atoms with van der Waals surface area (Å²) in [5.41, 5.74) is 1.92. The van der Waals surface area contributed by atoms with E-state index in [0.29, 0.717) is 17.8 Å². The van der Waals surface area contributed by atoms with Gasteiger partial charge in [-0.1, -0.05) is 6.07 Å². The van der Waals surface area contributed by atoms with Gasteiger partial charge in [-0.05, 0) is 17.7 Å². The Bertz CT molecular complexity index is 713. The van der Waals surface area contributed by atoms with Gasteiger partial charge in [0.2, 0.25) is 15.9 Å². The normalized spacial score (nSPS) is 22.1. The molecule has 1 unspecified atom stereocenters. The SMILES string of the molecule is NS(=O)(=O)C1CC(=O)N(c2ccc3c(c2)C(=O)NC3)C1. The first-order valence-corrected chi connectivity index (χ1v) is 7.70. The number of hydrogen-bond donors (Lipinski definition) is 2. The maximum atomic E-state index is 11.9. The number of nitrogens with two attached hydrogens (primary N) is 1. The Hall–Kier alpha value is -1.93. The molecular formula is C12H13N3O4S. The minimum absolute atomic E-state index is 0.0259. The highest BCUT2D eigenvalue weighted by Crippen LogP contribution is 2.27. The quantitative estimate of drug-likeness (QED) is 0.753. The molecule has 8 heteroatoms. The van der Waals surface area contributed by atoms with E-state index in [1.165, 1.54) is 4.90 Å². The van der Waals surface area contributed by atoms with Crippen molar-refractivity contribution in [2.75, 3.05) is 11.4 Å². The van der Waals surface area contributed by atoms with E-state index in [9.17, 15) is 18.0 Å². The van der Waals surface area contributed by atoms with Crippen molar-refractivity contribution < 1.29 is 18.0 Å². The van der Waals surface area contributed by atoms with E-state index in [4.69, 9.17) is 5.14 Å². The van der Waals surface area contributed by atoms with Crippen LogP contribution in [0.25, 0.3) is 0 Å². The van der Waals surface area contributed by atoms with Crippen LogP contribution in [0.2, 0.25) is 0 Å². The highest BCUT2D eigenvalue weighted by molar-refractivity contribution is 7.89. The van der Waals surface area contributed by atoms with Crippen molar-refractivity contribution in [1.82, 2.24) is 5.32 Å². The molecule has 0 saturated carbocycles. The lowest BCUT2D eigenvalue weighted by Crippen LogP contribution is -2.32. The number of sulfonamides is 1. The van der Waals surface area contributed by atoms with Gasteiger partial charge in [-0.25, -0.2) is 13.6 Å². The van der Waals surface area contributed by atoms with E-state index < -0.39 is 15.3 Å². The molecule has 0 aromatic heterocycles. The average molecular weight is 295 g/mol. The summed E-state index contributed by atoms with van der Waals surface area (Å²) in [4.78, 5) is 24.9. The van der Waals surface area contributed by atoms with Gasteiger partial charge in [-0.15, -0.1) is 0 Å². The van der Waals surface area contributed by atoms with Crippen LogP contribution in [-0.2, 0) is 21.4 Å². The van der Waals surface area contributed by atoms with Crippen molar-refractivity contribution in [1.29, 1.82) is 0 Å². The minimum atomic E-state index is -3.74. The van der Waals surface area contributed by atoms with E-state index in [-0.39, 0.29) is 24.8 Å². The summed E-state index contributed by atoms with van der Waals surface area (Å²) < 4.78 is 22.7. The first-order valence-electron chi connectivity index (χ1n) is 6.09. The minimum Gasteiger partial charge on any atom is -0.348 e. The number of benzene rings is 1. The molecule has 0 bridgehead atoms. The second-order valence-corrected chi connectivity index (χ2v) is 6.79. The number of amides is 2. The second-order valence-electron chi connectivity index (χ2n) is 4.94. The van der Waals surface area contributed by atoms with E-state index in [1.807, 2.05) is 0 Å². The molecule has 2 amide bonds. The number of nitrogens with zero attached hydrogens (tertiary/aromatic N) is 1. The van der Waals surface area contributed by atoms with Crippen LogP contribution in [0.3, 0.4) is 0 Å². The van der Waals surface area contributed by atoms with Gasteiger partial charge in [0, 0.05) is 30.8 Å². The lowest BCUT2D eigenvalue weighted by atomic mass is 10.1. The lowest BCUT2D eigenvalue weighted by Gasteiger charge is -2.17. The fourth-order valence-corrected chi connectivity index (χ4v) is 3.24. The maximum absolute atomic E-state index is 11.9. The number of fused-ring (bicyclic) bond motifs is 1. The smallest absolute Gasteiger partial charge is 0.251 e. The standard InChI is InChI=1S/C12H13N3O4S/c13-20(18,19)9-4-11(16)15(6-9)8-2-1-7-5-14-12(17)10(7)3-8/h1-3,9H,4-6H2,(H,14,17)(H2,13,18,19). The van der Waals surface area contributed by atoms with Crippen LogP contribution in [0.4, 0.5) is 5.69 Å². The zero-order chi connectivity index (χ0) is 14.5. The summed E-state index contributed by atoms with van der Waals surface area (Å²) in [7, 11) is -3.74. The molecular weight excluding hydrogens is 282 g/mol. The first kappa shape index (κ1) is 13.1. The fraction of sp³-hybridized carbons (Fsp3) is 0.333. The number of primary sulfonamides is 1. The van der Waals surface area contributed by atoms with Crippen LogP contribution >= 0.6 is 0 Å². The summed E-state index contributed by atoms with van der Waals surface area (Å²) in [5.74, 6) is -0.487. The van der Waals surface area contributed by atoms with Crippen LogP contribution in [0.15, 0.2) is 18.2 Å². The summed E-state index contributed by atoms with van der Waals surface area (Å²) in [5, 5.41) is 6.88. The Morgan fingerprint density at radius 3 is 2.70 bits per heavy atom. The number of anilines is 1. The summed E-state index contributed by atoms with van der Waals surface area (Å²) in [6.45, 7) is 0.500. The highest BCUT2D eigenvalue weighted by Gasteiger charge is 2.37. The summed E-state index contributed by atoms with van der Waals surface area (Å²) in [6, 6.07) is 5.09. The molecule has 1 aromatic carbocycles. The molecule has 2 aliphatic rings. The number of hydrogen-bond acceptors (Lipinski definition) is 4. The topological polar surface area (TPSA) is 110 Å². The summed E-state index contributed by atoms with van der Waals surface area (Å²) in [6.07, 6.45) is -0.123. The van der Waals surface area contributed by atoms with Crippen molar-refractivity contribution in [3.63, 3.8) is 0 Å². The van der Waals surface area contributed by atoms with E-state index in [0.717, 1.165) is 5.56 Å². The van der Waals surface area contributed by atoms with Crippen LogP contribution in [-0.4, -0.2) is 32.0 Å². The molecule has 1 fully saturated rings. The molecule has 106 valence electrons. The third-order valence-electron chi connectivity index (χ3n) is 3.64. The second kappa shape index (κ2) is 4.29. The van der Waals surface area contributed by atoms with Gasteiger partial charge in [0.25, 0.3) is 5.91 Å². The van der Waals surface area contributed by atoms with Crippen molar-refractivity contribution in [3.05, 3.63) is 29.3 Å². The Kier molecular flexibility index (Phi) is 2.80. The third-order valence-corrected chi connectivity index (χ3v) is 4.89. The monoisotopic (exact) mass is 295 g/mol. The van der Waals surface area contributed by atoms with Crippen molar-refractivity contribution in [2.24, 2.45) is 5.14 Å². The average Bonchev–Trinajstić information content (AvgIpc) is 2.93. The van der Waals surface area contributed by atoms with Crippen molar-refractivity contribution in [3.8, 4) is 0 Å². The largest absolute Gasteiger partial charge is 0.348 e. The van der Waals surface area contributed by atoms with Crippen molar-refractivity contribution in [2.45, 2.75) is 18.2 Å². The van der Waals surface area contributed by atoms with Crippen LogP contribution in [0.1, 0.15) is 22.3 Å². The molecule has 1 atom stereocenters. The van der Waals surface area contributed by atoms with Gasteiger partial charge in [-0.3, -0.25) is 9.59 Å². The fourth-order valence-electron chi connectivity index (χ4n) is 2.51. The van der Waals surface area contributed by atoms with Crippen molar-refractivity contribution >= 4 is 27.5 Å². The van der Waals surface area contributed by atoms with E-state index in [2.05, 4.69) is 5.32 Å². The van der Waals surface area contributed by atoms with Gasteiger partial charge < -0.3 is 10.2 Å². The van der Waals surface area contributed by atoms with Gasteiger partial charge >= 0.3 is 0 Å². The van der Waals surface area contributed by atoms with Gasteiger partial charge in [0.05, 0.1) is 0 Å². The Balaban J connectivity index is 1.93. The maximum Gasteiger partial charge on any atom is 0.251 e. The Labute approximate surface area is 115 Å². The molecule has 0 spiro atoms. The molecule has 1 saturated heterocycles. The molecule has 2 aliphatic heterocycles. The van der Waals surface area contributed by atoms with E-state index >= 15 is 0 Å². The molecule has 1 aromatic rings. The van der Waals surface area contributed by atoms with Crippen LogP contribution in [0.5, 0.6) is 0 Å². The number of carbonyl (C=O) groups is 2. The van der Waals surface area contributed by atoms with Crippen LogP contribution in [0, 0.1) is 0 Å². The van der Waals surface area contributed by atoms with Gasteiger partial charge in [0.15, 0.2) is 0 Å². The zero-order valence-corrected chi connectivity index (χ0v) is 11.3.